The number of carbonyl (C=O) groups excluding carboxylic acids is 2. The van der Waals surface area contributed by atoms with Crippen LogP contribution >= 0.6 is 34.5 Å². The van der Waals surface area contributed by atoms with E-state index in [0.717, 1.165) is 41.9 Å². The highest BCUT2D eigenvalue weighted by Gasteiger charge is 2.38. The lowest BCUT2D eigenvalue weighted by atomic mass is 9.82. The van der Waals surface area contributed by atoms with Crippen molar-refractivity contribution in [3.05, 3.63) is 110 Å². The number of likely N-dealkylation sites (tertiary alicyclic amines) is 1. The van der Waals surface area contributed by atoms with Crippen molar-refractivity contribution in [3.8, 4) is 11.5 Å². The van der Waals surface area contributed by atoms with Gasteiger partial charge in [-0.2, -0.15) is 0 Å². The second-order valence-electron chi connectivity index (χ2n) is 12.7. The lowest BCUT2D eigenvalue weighted by Gasteiger charge is -2.33. The first-order chi connectivity index (χ1) is 24.1. The molecule has 1 saturated heterocycles. The Labute approximate surface area is 307 Å². The Balaban J connectivity index is 1.24. The molecule has 1 unspecified atom stereocenters. The highest BCUT2D eigenvalue weighted by atomic mass is 35.5. The maximum atomic E-state index is 13.6. The van der Waals surface area contributed by atoms with Gasteiger partial charge in [-0.15, -0.1) is 11.3 Å². The summed E-state index contributed by atoms with van der Waals surface area (Å²) in [7, 11) is 5.23. The molecule has 1 N–H and O–H groups in total. The lowest BCUT2D eigenvalue weighted by molar-refractivity contribution is -0.157. The molecule has 2 aromatic heterocycles. The number of thiophene rings is 1. The maximum absolute atomic E-state index is 13.6. The second kappa shape index (κ2) is 17.5. The maximum Gasteiger partial charge on any atom is 0.348 e. The second-order valence-corrected chi connectivity index (χ2v) is 14.7. The first-order valence-electron chi connectivity index (χ1n) is 16.5. The number of nitrogens with zero attached hydrogens (tertiary/aromatic N) is 2. The van der Waals surface area contributed by atoms with E-state index < -0.39 is 11.4 Å². The molecule has 0 bridgehead atoms. The number of rotatable bonds is 15. The summed E-state index contributed by atoms with van der Waals surface area (Å²) in [4.78, 5) is 34.7. The minimum atomic E-state index is -0.886. The van der Waals surface area contributed by atoms with E-state index in [0.29, 0.717) is 51.5 Å². The number of ether oxygens (including phenoxy) is 4. The van der Waals surface area contributed by atoms with Crippen LogP contribution in [-0.2, 0) is 32.6 Å². The van der Waals surface area contributed by atoms with Gasteiger partial charge in [-0.25, -0.2) is 4.79 Å². The number of aromatic nitrogens is 1. The van der Waals surface area contributed by atoms with Crippen LogP contribution in [0, 0.1) is 0 Å². The van der Waals surface area contributed by atoms with Gasteiger partial charge in [0.05, 0.1) is 30.9 Å². The zero-order chi connectivity index (χ0) is 35.7. The third kappa shape index (κ3) is 9.35. The summed E-state index contributed by atoms with van der Waals surface area (Å²) in [6.07, 6.45) is 5.07. The fraction of sp³-hybridized carbons (Fsp3) is 0.395. The fourth-order valence-corrected chi connectivity index (χ4v) is 7.40. The first kappa shape index (κ1) is 37.6. The minimum Gasteiger partial charge on any atom is -0.493 e. The molecule has 0 amide bonds. The molecule has 9 nitrogen and oxygen atoms in total. The van der Waals surface area contributed by atoms with Crippen molar-refractivity contribution < 1.29 is 28.5 Å². The van der Waals surface area contributed by atoms with Gasteiger partial charge in [0.2, 0.25) is 0 Å². The number of esters is 2. The Kier molecular flexibility index (Phi) is 13.2. The summed E-state index contributed by atoms with van der Waals surface area (Å²) in [5, 5.41) is 4.31. The Morgan fingerprint density at radius 2 is 1.70 bits per heavy atom. The average Bonchev–Trinajstić information content (AvgIpc) is 3.61. The van der Waals surface area contributed by atoms with E-state index in [9.17, 15) is 9.59 Å². The Morgan fingerprint density at radius 1 is 1.00 bits per heavy atom. The van der Waals surface area contributed by atoms with Crippen LogP contribution in [0.4, 0.5) is 0 Å². The number of carbonyl (C=O) groups is 2. The van der Waals surface area contributed by atoms with Crippen LogP contribution in [0.2, 0.25) is 10.0 Å². The van der Waals surface area contributed by atoms with Crippen LogP contribution in [0.1, 0.15) is 56.9 Å². The van der Waals surface area contributed by atoms with Gasteiger partial charge in [0.1, 0.15) is 16.4 Å². The number of halogens is 2. The third-order valence-electron chi connectivity index (χ3n) is 9.14. The SMILES string of the molecule is COc1ccc([C@@H](COC(=O)c2ccc(CNCC(C)(C(=O)OC3CCN(C)CC3)c3ccccc3)s2)Cc2c(Cl)cncc2Cl)cc1OC. The minimum absolute atomic E-state index is 0.0730. The molecule has 1 fully saturated rings. The molecule has 0 aliphatic carbocycles. The van der Waals surface area contributed by atoms with Gasteiger partial charge in [0, 0.05) is 49.4 Å². The summed E-state index contributed by atoms with van der Waals surface area (Å²) in [6, 6.07) is 19.0. The van der Waals surface area contributed by atoms with Crippen molar-refractivity contribution >= 4 is 46.5 Å². The number of pyridine rings is 1. The number of hydrogen-bond donors (Lipinski definition) is 1. The van der Waals surface area contributed by atoms with Crippen LogP contribution < -0.4 is 14.8 Å². The number of piperidine rings is 1. The van der Waals surface area contributed by atoms with Crippen LogP contribution in [0.5, 0.6) is 11.5 Å². The normalized spacial score (nSPS) is 15.6. The number of nitrogens with one attached hydrogen (secondary N) is 1. The summed E-state index contributed by atoms with van der Waals surface area (Å²) in [5.74, 6) is 0.184. The van der Waals surface area contributed by atoms with Gasteiger partial charge in [0.15, 0.2) is 11.5 Å². The van der Waals surface area contributed by atoms with Gasteiger partial charge < -0.3 is 29.2 Å². The molecule has 12 heteroatoms. The van der Waals surface area contributed by atoms with Crippen molar-refractivity contribution in [3.63, 3.8) is 0 Å². The summed E-state index contributed by atoms with van der Waals surface area (Å²) in [6.45, 7) is 4.65. The zero-order valence-corrected chi connectivity index (χ0v) is 31.1. The highest BCUT2D eigenvalue weighted by Crippen LogP contribution is 2.35. The monoisotopic (exact) mass is 739 g/mol. The van der Waals surface area contributed by atoms with Crippen molar-refractivity contribution in [2.24, 2.45) is 0 Å². The number of methoxy groups -OCH3 is 2. The molecule has 2 aromatic carbocycles. The Bertz CT molecular complexity index is 1730. The molecule has 0 spiro atoms. The van der Waals surface area contributed by atoms with Crippen LogP contribution in [0.25, 0.3) is 0 Å². The molecule has 266 valence electrons. The summed E-state index contributed by atoms with van der Waals surface area (Å²) >= 11 is 14.3. The van der Waals surface area contributed by atoms with Gasteiger partial charge >= 0.3 is 11.9 Å². The average molecular weight is 741 g/mol. The van der Waals surface area contributed by atoms with Crippen molar-refractivity contribution in [1.82, 2.24) is 15.2 Å². The molecule has 1 aliphatic rings. The van der Waals surface area contributed by atoms with Crippen LogP contribution in [-0.4, -0.2) is 75.4 Å². The number of hydrogen-bond acceptors (Lipinski definition) is 10. The van der Waals surface area contributed by atoms with E-state index in [2.05, 4.69) is 22.2 Å². The summed E-state index contributed by atoms with van der Waals surface area (Å²) < 4.78 is 22.9. The van der Waals surface area contributed by atoms with E-state index in [-0.39, 0.29) is 24.6 Å². The van der Waals surface area contributed by atoms with Gasteiger partial charge in [-0.05, 0) is 74.2 Å². The van der Waals surface area contributed by atoms with Crippen molar-refractivity contribution in [1.29, 1.82) is 0 Å². The van der Waals surface area contributed by atoms with Crippen molar-refractivity contribution in [2.75, 3.05) is 47.5 Å². The lowest BCUT2D eigenvalue weighted by Crippen LogP contribution is -2.46. The third-order valence-corrected chi connectivity index (χ3v) is 10.9. The van der Waals surface area contributed by atoms with Crippen LogP contribution in [0.3, 0.4) is 0 Å². The number of benzene rings is 2. The van der Waals surface area contributed by atoms with Crippen molar-refractivity contribution in [2.45, 2.75) is 50.2 Å². The molecule has 2 atom stereocenters. The van der Waals surface area contributed by atoms with E-state index in [1.807, 2.05) is 61.5 Å². The topological polar surface area (TPSA) is 99.2 Å². The largest absolute Gasteiger partial charge is 0.493 e. The molecule has 0 saturated carbocycles. The smallest absolute Gasteiger partial charge is 0.348 e. The Morgan fingerprint density at radius 3 is 2.38 bits per heavy atom. The molecule has 1 aliphatic heterocycles. The molecule has 50 heavy (non-hydrogen) atoms. The fourth-order valence-electron chi connectivity index (χ4n) is 6.01. The molecular formula is C38H43Cl2N3O6S. The predicted molar refractivity (Wildman–Crippen MR) is 197 cm³/mol. The van der Waals surface area contributed by atoms with E-state index in [1.165, 1.54) is 11.3 Å². The van der Waals surface area contributed by atoms with Gasteiger partial charge in [-0.1, -0.05) is 59.6 Å². The van der Waals surface area contributed by atoms with E-state index in [1.54, 1.807) is 32.7 Å². The Hall–Kier alpha value is -3.67. The molecular weight excluding hydrogens is 697 g/mol. The van der Waals surface area contributed by atoms with Crippen LogP contribution in [0.15, 0.2) is 73.1 Å². The van der Waals surface area contributed by atoms with E-state index >= 15 is 0 Å². The molecule has 0 radical (unpaired) electrons. The first-order valence-corrected chi connectivity index (χ1v) is 18.1. The standard InChI is InChI=1S/C38H43Cl2N3O6S/c1-38(27-8-6-5-7-9-27,37(45)49-28-14-16-43(2)17-15-28)24-42-20-29-11-13-35(50-29)36(44)48-23-26(18-30-31(39)21-41-22-32(30)40)25-10-12-33(46-3)34(19-25)47-4/h5-13,19,21-22,26,28,42H,14-18,20,23-24H2,1-4H3/t26-,38?/m1/s1. The zero-order valence-electron chi connectivity index (χ0n) is 28.7. The molecule has 3 heterocycles. The highest BCUT2D eigenvalue weighted by molar-refractivity contribution is 7.13. The van der Waals surface area contributed by atoms with Gasteiger partial charge in [0.25, 0.3) is 0 Å². The quantitative estimate of drug-likeness (QED) is 0.126. The summed E-state index contributed by atoms with van der Waals surface area (Å²) in [5.41, 5.74) is 1.58. The predicted octanol–water partition coefficient (Wildman–Crippen LogP) is 7.34. The van der Waals surface area contributed by atoms with E-state index in [4.69, 9.17) is 42.1 Å². The molecule has 5 rings (SSSR count). The van der Waals surface area contributed by atoms with Gasteiger partial charge in [-0.3, -0.25) is 9.78 Å². The molecule has 4 aromatic rings.